The maximum absolute atomic E-state index is 11.1. The molecule has 6 heteroatoms. The van der Waals surface area contributed by atoms with E-state index in [4.69, 9.17) is 0 Å². The molecule has 1 aliphatic rings. The Hall–Kier alpha value is -0.460. The van der Waals surface area contributed by atoms with E-state index in [9.17, 15) is 13.2 Å². The van der Waals surface area contributed by atoms with Gasteiger partial charge in [0.15, 0.2) is 0 Å². The van der Waals surface area contributed by atoms with Crippen molar-refractivity contribution < 1.29 is 13.2 Å². The molecule has 1 fully saturated rings. The number of hydrogen-bond donors (Lipinski definition) is 1. The molecule has 5 nitrogen and oxygen atoms in total. The van der Waals surface area contributed by atoms with Crippen LogP contribution in [0.2, 0.25) is 0 Å². The van der Waals surface area contributed by atoms with Crippen molar-refractivity contribution in [2.24, 2.45) is 0 Å². The van der Waals surface area contributed by atoms with Gasteiger partial charge in [-0.3, -0.25) is 4.79 Å². The van der Waals surface area contributed by atoms with Crippen LogP contribution in [0.3, 0.4) is 0 Å². The molecule has 0 amide bonds. The summed E-state index contributed by atoms with van der Waals surface area (Å²) in [5.41, 5.74) is 0. The van der Waals surface area contributed by atoms with Gasteiger partial charge in [-0.15, -0.1) is 0 Å². The molecule has 1 heterocycles. The fourth-order valence-corrected chi connectivity index (χ4v) is 2.14. The summed E-state index contributed by atoms with van der Waals surface area (Å²) in [7, 11) is -3.15. The fraction of sp³-hybridized carbons (Fsp3) is 0.857. The van der Waals surface area contributed by atoms with Crippen LogP contribution in [-0.2, 0) is 14.8 Å². The fourth-order valence-electron chi connectivity index (χ4n) is 1.30. The number of Topliss-reactive ketones (excluding diaryl/α,β-unsaturated/α-hetero) is 1. The Labute approximate surface area is 78.2 Å². The Balaban J connectivity index is 2.67. The minimum Gasteiger partial charge on any atom is -0.305 e. The van der Waals surface area contributed by atoms with Crippen molar-refractivity contribution in [2.75, 3.05) is 25.9 Å². The lowest BCUT2D eigenvalue weighted by Crippen LogP contribution is -2.54. The van der Waals surface area contributed by atoms with Crippen LogP contribution in [0.15, 0.2) is 0 Å². The van der Waals surface area contributed by atoms with Crippen molar-refractivity contribution in [1.82, 2.24) is 9.62 Å². The van der Waals surface area contributed by atoms with Gasteiger partial charge in [0.05, 0.1) is 12.3 Å². The SMILES string of the molecule is CC(=O)C1CN(S(C)(=O)=O)CCN1. The summed E-state index contributed by atoms with van der Waals surface area (Å²) >= 11 is 0. The van der Waals surface area contributed by atoms with Crippen molar-refractivity contribution in [3.05, 3.63) is 0 Å². The van der Waals surface area contributed by atoms with Crippen LogP contribution in [0.4, 0.5) is 0 Å². The van der Waals surface area contributed by atoms with Crippen LogP contribution in [0.5, 0.6) is 0 Å². The average Bonchev–Trinajstić information content (AvgIpc) is 2.03. The topological polar surface area (TPSA) is 66.5 Å². The van der Waals surface area contributed by atoms with Gasteiger partial charge in [0.1, 0.15) is 5.78 Å². The minimum atomic E-state index is -3.15. The number of ketones is 1. The Bertz CT molecular complexity index is 299. The highest BCUT2D eigenvalue weighted by atomic mass is 32.2. The van der Waals surface area contributed by atoms with Gasteiger partial charge >= 0.3 is 0 Å². The molecular weight excluding hydrogens is 192 g/mol. The molecule has 0 aromatic rings. The van der Waals surface area contributed by atoms with Crippen LogP contribution >= 0.6 is 0 Å². The molecule has 76 valence electrons. The van der Waals surface area contributed by atoms with E-state index >= 15 is 0 Å². The third kappa shape index (κ3) is 2.75. The van der Waals surface area contributed by atoms with Crippen molar-refractivity contribution in [3.63, 3.8) is 0 Å². The summed E-state index contributed by atoms with van der Waals surface area (Å²) in [5.74, 6) is -0.0200. The molecule has 1 unspecified atom stereocenters. The lowest BCUT2D eigenvalue weighted by molar-refractivity contribution is -0.119. The number of piperazine rings is 1. The molecule has 13 heavy (non-hydrogen) atoms. The van der Waals surface area contributed by atoms with Crippen molar-refractivity contribution >= 4 is 15.8 Å². The van der Waals surface area contributed by atoms with E-state index in [1.54, 1.807) is 0 Å². The predicted molar refractivity (Wildman–Crippen MR) is 48.9 cm³/mol. The lowest BCUT2D eigenvalue weighted by atomic mass is 10.2. The summed E-state index contributed by atoms with van der Waals surface area (Å²) in [6, 6.07) is -0.344. The first-order valence-electron chi connectivity index (χ1n) is 4.10. The molecule has 0 aromatic carbocycles. The van der Waals surface area contributed by atoms with E-state index < -0.39 is 10.0 Å². The normalized spacial score (nSPS) is 25.8. The summed E-state index contributed by atoms with van der Waals surface area (Å²) in [4.78, 5) is 11.0. The van der Waals surface area contributed by atoms with Gasteiger partial charge in [0, 0.05) is 19.6 Å². The number of carbonyl (C=O) groups excluding carboxylic acids is 1. The summed E-state index contributed by atoms with van der Waals surface area (Å²) in [6.07, 6.45) is 1.16. The van der Waals surface area contributed by atoms with Gasteiger partial charge in [0.25, 0.3) is 0 Å². The van der Waals surface area contributed by atoms with Crippen molar-refractivity contribution in [1.29, 1.82) is 0 Å². The van der Waals surface area contributed by atoms with E-state index in [0.29, 0.717) is 13.1 Å². The van der Waals surface area contributed by atoms with Crippen LogP contribution in [-0.4, -0.2) is 50.4 Å². The van der Waals surface area contributed by atoms with Crippen LogP contribution in [0, 0.1) is 0 Å². The maximum atomic E-state index is 11.1. The second kappa shape index (κ2) is 3.73. The van der Waals surface area contributed by atoms with Gasteiger partial charge in [-0.2, -0.15) is 4.31 Å². The number of hydrogen-bond acceptors (Lipinski definition) is 4. The van der Waals surface area contributed by atoms with E-state index in [0.717, 1.165) is 6.26 Å². The molecule has 1 atom stereocenters. The van der Waals surface area contributed by atoms with E-state index in [-0.39, 0.29) is 18.4 Å². The molecule has 0 spiro atoms. The molecule has 1 rings (SSSR count). The highest BCUT2D eigenvalue weighted by molar-refractivity contribution is 7.88. The zero-order chi connectivity index (χ0) is 10.1. The smallest absolute Gasteiger partial charge is 0.211 e. The summed E-state index contributed by atoms with van der Waals surface area (Å²) in [5, 5.41) is 2.96. The number of nitrogens with zero attached hydrogens (tertiary/aromatic N) is 1. The average molecular weight is 206 g/mol. The monoisotopic (exact) mass is 206 g/mol. The highest BCUT2D eigenvalue weighted by Gasteiger charge is 2.27. The van der Waals surface area contributed by atoms with Gasteiger partial charge in [-0.1, -0.05) is 0 Å². The Morgan fingerprint density at radius 1 is 1.54 bits per heavy atom. The van der Waals surface area contributed by atoms with Gasteiger partial charge in [-0.25, -0.2) is 8.42 Å². The Morgan fingerprint density at radius 3 is 2.62 bits per heavy atom. The predicted octanol–water partition coefficient (Wildman–Crippen LogP) is -1.19. The minimum absolute atomic E-state index is 0.0200. The quantitative estimate of drug-likeness (QED) is 0.617. The lowest BCUT2D eigenvalue weighted by Gasteiger charge is -2.30. The van der Waals surface area contributed by atoms with Gasteiger partial charge in [-0.05, 0) is 6.92 Å². The third-order valence-corrected chi connectivity index (χ3v) is 3.37. The summed E-state index contributed by atoms with van der Waals surface area (Å²) < 4.78 is 23.6. The van der Waals surface area contributed by atoms with E-state index in [2.05, 4.69) is 5.32 Å². The van der Waals surface area contributed by atoms with Crippen molar-refractivity contribution in [2.45, 2.75) is 13.0 Å². The second-order valence-electron chi connectivity index (χ2n) is 3.24. The molecule has 0 bridgehead atoms. The first-order chi connectivity index (χ1) is 5.91. The molecule has 0 aliphatic carbocycles. The Morgan fingerprint density at radius 2 is 2.15 bits per heavy atom. The third-order valence-electron chi connectivity index (χ3n) is 2.10. The zero-order valence-corrected chi connectivity index (χ0v) is 8.60. The largest absolute Gasteiger partial charge is 0.305 e. The van der Waals surface area contributed by atoms with Crippen LogP contribution < -0.4 is 5.32 Å². The van der Waals surface area contributed by atoms with E-state index in [1.165, 1.54) is 11.2 Å². The molecule has 0 radical (unpaired) electrons. The second-order valence-corrected chi connectivity index (χ2v) is 5.22. The van der Waals surface area contributed by atoms with Gasteiger partial charge in [0.2, 0.25) is 10.0 Å². The highest BCUT2D eigenvalue weighted by Crippen LogP contribution is 2.04. The number of rotatable bonds is 2. The summed E-state index contributed by atoms with van der Waals surface area (Å²) in [6.45, 7) is 2.71. The maximum Gasteiger partial charge on any atom is 0.211 e. The van der Waals surface area contributed by atoms with Gasteiger partial charge < -0.3 is 5.32 Å². The molecule has 0 aromatic heterocycles. The zero-order valence-electron chi connectivity index (χ0n) is 7.78. The molecule has 0 saturated carbocycles. The van der Waals surface area contributed by atoms with Crippen LogP contribution in [0.25, 0.3) is 0 Å². The molecule has 1 saturated heterocycles. The first-order valence-corrected chi connectivity index (χ1v) is 5.95. The van der Waals surface area contributed by atoms with Crippen LogP contribution in [0.1, 0.15) is 6.92 Å². The number of carbonyl (C=O) groups is 1. The molecular formula is C7H14N2O3S. The standard InChI is InChI=1S/C7H14N2O3S/c1-6(10)7-5-9(4-3-8-7)13(2,11)12/h7-8H,3-5H2,1-2H3. The molecule has 1 N–H and O–H groups in total. The van der Waals surface area contributed by atoms with E-state index in [1.807, 2.05) is 0 Å². The molecule has 1 aliphatic heterocycles. The number of sulfonamides is 1. The number of nitrogens with one attached hydrogen (secondary N) is 1. The Kier molecular flexibility index (Phi) is 3.05. The van der Waals surface area contributed by atoms with Crippen molar-refractivity contribution in [3.8, 4) is 0 Å². The first kappa shape index (κ1) is 10.6.